The maximum absolute atomic E-state index is 12.1. The number of urea groups is 1. The molecule has 5 heteroatoms. The summed E-state index contributed by atoms with van der Waals surface area (Å²) in [4.78, 5) is 12.1. The average molecular weight is 326 g/mol. The SMILES string of the molecule is CC(CNC(=O)NC1c2ccccc2CC1O)Oc1ccccc1. The van der Waals surface area contributed by atoms with Crippen LogP contribution in [-0.2, 0) is 6.42 Å². The van der Waals surface area contributed by atoms with Crippen molar-refractivity contribution < 1.29 is 14.6 Å². The molecule has 1 aliphatic rings. The van der Waals surface area contributed by atoms with Gasteiger partial charge in [0.2, 0.25) is 0 Å². The number of benzene rings is 2. The Hall–Kier alpha value is -2.53. The predicted octanol–water partition coefficient (Wildman–Crippen LogP) is 2.41. The van der Waals surface area contributed by atoms with E-state index in [1.165, 1.54) is 0 Å². The van der Waals surface area contributed by atoms with Crippen molar-refractivity contribution >= 4 is 6.03 Å². The molecular formula is C19H22N2O3. The van der Waals surface area contributed by atoms with Crippen LogP contribution in [0, 0.1) is 0 Å². The van der Waals surface area contributed by atoms with Gasteiger partial charge in [-0.3, -0.25) is 0 Å². The van der Waals surface area contributed by atoms with Gasteiger partial charge in [-0.2, -0.15) is 0 Å². The summed E-state index contributed by atoms with van der Waals surface area (Å²) in [5.41, 5.74) is 2.06. The third kappa shape index (κ3) is 3.86. The first kappa shape index (κ1) is 16.3. The van der Waals surface area contributed by atoms with Gasteiger partial charge in [0.1, 0.15) is 11.9 Å². The highest BCUT2D eigenvalue weighted by atomic mass is 16.5. The number of nitrogens with one attached hydrogen (secondary N) is 2. The second-order valence-electron chi connectivity index (χ2n) is 6.04. The van der Waals surface area contributed by atoms with Crippen LogP contribution in [-0.4, -0.2) is 29.9 Å². The second-order valence-corrected chi connectivity index (χ2v) is 6.04. The zero-order valence-corrected chi connectivity index (χ0v) is 13.6. The minimum absolute atomic E-state index is 0.154. The van der Waals surface area contributed by atoms with Gasteiger partial charge in [0.15, 0.2) is 0 Å². The summed E-state index contributed by atoms with van der Waals surface area (Å²) in [6.07, 6.45) is -0.181. The number of ether oxygens (including phenoxy) is 1. The molecule has 0 fully saturated rings. The van der Waals surface area contributed by atoms with E-state index in [9.17, 15) is 9.90 Å². The molecule has 126 valence electrons. The van der Waals surface area contributed by atoms with Gasteiger partial charge in [-0.25, -0.2) is 4.79 Å². The van der Waals surface area contributed by atoms with Crippen LogP contribution in [0.15, 0.2) is 54.6 Å². The van der Waals surface area contributed by atoms with E-state index >= 15 is 0 Å². The highest BCUT2D eigenvalue weighted by Gasteiger charge is 2.31. The number of amides is 2. The molecule has 3 rings (SSSR count). The van der Waals surface area contributed by atoms with E-state index in [2.05, 4.69) is 10.6 Å². The van der Waals surface area contributed by atoms with Gasteiger partial charge in [0.05, 0.1) is 18.7 Å². The van der Waals surface area contributed by atoms with E-state index in [-0.39, 0.29) is 18.2 Å². The average Bonchev–Trinajstić information content (AvgIpc) is 2.90. The van der Waals surface area contributed by atoms with Crippen LogP contribution in [0.25, 0.3) is 0 Å². The van der Waals surface area contributed by atoms with E-state index in [1.54, 1.807) is 0 Å². The lowest BCUT2D eigenvalue weighted by Gasteiger charge is -2.20. The van der Waals surface area contributed by atoms with Crippen molar-refractivity contribution in [1.82, 2.24) is 10.6 Å². The number of carbonyl (C=O) groups is 1. The first-order valence-electron chi connectivity index (χ1n) is 8.15. The summed E-state index contributed by atoms with van der Waals surface area (Å²) in [5.74, 6) is 0.771. The van der Waals surface area contributed by atoms with Crippen LogP contribution in [0.4, 0.5) is 4.79 Å². The van der Waals surface area contributed by atoms with Gasteiger partial charge < -0.3 is 20.5 Å². The number of hydrogen-bond donors (Lipinski definition) is 3. The Morgan fingerprint density at radius 1 is 1.21 bits per heavy atom. The summed E-state index contributed by atoms with van der Waals surface area (Å²) in [7, 11) is 0. The highest BCUT2D eigenvalue weighted by molar-refractivity contribution is 5.74. The molecule has 2 aromatic carbocycles. The molecule has 24 heavy (non-hydrogen) atoms. The summed E-state index contributed by atoms with van der Waals surface area (Å²) >= 11 is 0. The topological polar surface area (TPSA) is 70.6 Å². The van der Waals surface area contributed by atoms with Crippen molar-refractivity contribution in [3.63, 3.8) is 0 Å². The van der Waals surface area contributed by atoms with E-state index < -0.39 is 6.10 Å². The highest BCUT2D eigenvalue weighted by Crippen LogP contribution is 2.30. The first-order valence-corrected chi connectivity index (χ1v) is 8.15. The molecule has 3 unspecified atom stereocenters. The Balaban J connectivity index is 1.49. The summed E-state index contributed by atoms with van der Waals surface area (Å²) < 4.78 is 5.72. The van der Waals surface area contributed by atoms with Crippen LogP contribution in [0.3, 0.4) is 0 Å². The fourth-order valence-electron chi connectivity index (χ4n) is 2.95. The number of fused-ring (bicyclic) bond motifs is 1. The first-order chi connectivity index (χ1) is 11.6. The summed E-state index contributed by atoms with van der Waals surface area (Å²) in [5, 5.41) is 15.8. The fraction of sp³-hybridized carbons (Fsp3) is 0.316. The molecule has 0 aliphatic heterocycles. The normalized spacial score (nSPS) is 20.1. The van der Waals surface area contributed by atoms with Crippen LogP contribution in [0.1, 0.15) is 24.1 Å². The molecule has 0 heterocycles. The third-order valence-corrected chi connectivity index (χ3v) is 4.12. The monoisotopic (exact) mass is 326 g/mol. The zero-order chi connectivity index (χ0) is 16.9. The van der Waals surface area contributed by atoms with Crippen LogP contribution in [0.2, 0.25) is 0 Å². The van der Waals surface area contributed by atoms with Gasteiger partial charge in [-0.1, -0.05) is 42.5 Å². The quantitative estimate of drug-likeness (QED) is 0.790. The van der Waals surface area contributed by atoms with E-state index in [0.29, 0.717) is 13.0 Å². The Bertz CT molecular complexity index is 690. The van der Waals surface area contributed by atoms with Crippen molar-refractivity contribution in [2.75, 3.05) is 6.54 Å². The Morgan fingerprint density at radius 3 is 2.71 bits per heavy atom. The number of rotatable bonds is 5. The van der Waals surface area contributed by atoms with Gasteiger partial charge in [-0.15, -0.1) is 0 Å². The van der Waals surface area contributed by atoms with E-state index in [4.69, 9.17) is 4.74 Å². The Labute approximate surface area is 141 Å². The van der Waals surface area contributed by atoms with Crippen LogP contribution in [0.5, 0.6) is 5.75 Å². The molecule has 0 aromatic heterocycles. The number of hydrogen-bond acceptors (Lipinski definition) is 3. The van der Waals surface area contributed by atoms with Gasteiger partial charge in [0.25, 0.3) is 0 Å². The molecule has 3 atom stereocenters. The second kappa shape index (κ2) is 7.36. The lowest BCUT2D eigenvalue weighted by atomic mass is 10.1. The van der Waals surface area contributed by atoms with Crippen molar-refractivity contribution in [3.05, 3.63) is 65.7 Å². The number of aliphatic hydroxyl groups excluding tert-OH is 1. The number of aliphatic hydroxyl groups is 1. The molecule has 2 aromatic rings. The zero-order valence-electron chi connectivity index (χ0n) is 13.6. The standard InChI is InChI=1S/C19H22N2O3/c1-13(24-15-8-3-2-4-9-15)12-20-19(23)21-18-16-10-6-5-7-14(16)11-17(18)22/h2-10,13,17-18,22H,11-12H2,1H3,(H2,20,21,23). The molecule has 5 nitrogen and oxygen atoms in total. The molecule has 0 bridgehead atoms. The molecule has 0 saturated heterocycles. The minimum Gasteiger partial charge on any atom is -0.489 e. The Morgan fingerprint density at radius 2 is 1.92 bits per heavy atom. The van der Waals surface area contributed by atoms with E-state index in [0.717, 1.165) is 16.9 Å². The fourth-order valence-corrected chi connectivity index (χ4v) is 2.95. The van der Waals surface area contributed by atoms with Crippen molar-refractivity contribution in [1.29, 1.82) is 0 Å². The van der Waals surface area contributed by atoms with Crippen molar-refractivity contribution in [3.8, 4) is 5.75 Å². The van der Waals surface area contributed by atoms with Crippen molar-refractivity contribution in [2.24, 2.45) is 0 Å². The predicted molar refractivity (Wildman–Crippen MR) is 92.0 cm³/mol. The Kier molecular flexibility index (Phi) is 5.01. The minimum atomic E-state index is -0.592. The molecule has 2 amide bonds. The largest absolute Gasteiger partial charge is 0.489 e. The summed E-state index contributed by atoms with van der Waals surface area (Å²) in [6, 6.07) is 16.6. The van der Waals surface area contributed by atoms with Gasteiger partial charge in [0, 0.05) is 6.42 Å². The molecule has 0 spiro atoms. The van der Waals surface area contributed by atoms with Crippen LogP contribution >= 0.6 is 0 Å². The maximum atomic E-state index is 12.1. The molecular weight excluding hydrogens is 304 g/mol. The number of para-hydroxylation sites is 1. The van der Waals surface area contributed by atoms with Gasteiger partial charge in [-0.05, 0) is 30.2 Å². The lowest BCUT2D eigenvalue weighted by molar-refractivity contribution is 0.141. The van der Waals surface area contributed by atoms with E-state index in [1.807, 2.05) is 61.5 Å². The van der Waals surface area contributed by atoms with Gasteiger partial charge >= 0.3 is 6.03 Å². The van der Waals surface area contributed by atoms with Crippen molar-refractivity contribution in [2.45, 2.75) is 31.6 Å². The molecule has 1 aliphatic carbocycles. The maximum Gasteiger partial charge on any atom is 0.315 e. The molecule has 3 N–H and O–H groups in total. The summed E-state index contributed by atoms with van der Waals surface area (Å²) in [6.45, 7) is 2.28. The molecule has 0 radical (unpaired) electrons. The lowest BCUT2D eigenvalue weighted by Crippen LogP contribution is -2.43. The molecule has 0 saturated carbocycles. The number of carbonyl (C=O) groups excluding carboxylic acids is 1. The smallest absolute Gasteiger partial charge is 0.315 e. The van der Waals surface area contributed by atoms with Crippen LogP contribution < -0.4 is 15.4 Å². The third-order valence-electron chi connectivity index (χ3n) is 4.12.